The van der Waals surface area contributed by atoms with Crippen molar-refractivity contribution in [2.24, 2.45) is 0 Å². The van der Waals surface area contributed by atoms with Gasteiger partial charge in [-0.15, -0.1) is 0 Å². The molecule has 0 atom stereocenters. The van der Waals surface area contributed by atoms with Crippen LogP contribution in [0.15, 0.2) is 67.3 Å². The lowest BCUT2D eigenvalue weighted by Crippen LogP contribution is -2.30. The molecule has 1 amide bonds. The predicted octanol–water partition coefficient (Wildman–Crippen LogP) is 4.65. The number of thiazole rings is 1. The summed E-state index contributed by atoms with van der Waals surface area (Å²) in [6, 6.07) is 13.4. The van der Waals surface area contributed by atoms with Crippen molar-refractivity contribution in [1.82, 2.24) is 14.5 Å². The molecule has 0 saturated carbocycles. The molecule has 2 heterocycles. The van der Waals surface area contributed by atoms with E-state index >= 15 is 0 Å². The average molecular weight is 449 g/mol. The van der Waals surface area contributed by atoms with Crippen molar-refractivity contribution in [2.45, 2.75) is 13.0 Å². The molecule has 2 aromatic heterocycles. The lowest BCUT2D eigenvalue weighted by Gasteiger charge is -2.18. The summed E-state index contributed by atoms with van der Waals surface area (Å²) < 4.78 is 13.8. The van der Waals surface area contributed by atoms with Gasteiger partial charge >= 0.3 is 0 Å². The Balaban J connectivity index is 1.64. The van der Waals surface area contributed by atoms with E-state index in [9.17, 15) is 4.79 Å². The van der Waals surface area contributed by atoms with Gasteiger partial charge in [0, 0.05) is 31.6 Å². The fourth-order valence-corrected chi connectivity index (χ4v) is 4.45. The number of imidazole rings is 1. The molecular weight excluding hydrogens is 424 g/mol. The van der Waals surface area contributed by atoms with E-state index in [0.717, 1.165) is 23.2 Å². The van der Waals surface area contributed by atoms with E-state index in [1.165, 1.54) is 11.3 Å². The molecule has 32 heavy (non-hydrogen) atoms. The summed E-state index contributed by atoms with van der Waals surface area (Å²) in [5.41, 5.74) is 1.65. The lowest BCUT2D eigenvalue weighted by atomic mass is 10.2. The van der Waals surface area contributed by atoms with E-state index < -0.39 is 0 Å². The van der Waals surface area contributed by atoms with E-state index in [2.05, 4.69) is 4.98 Å². The zero-order valence-corrected chi connectivity index (χ0v) is 18.8. The quantitative estimate of drug-likeness (QED) is 0.349. The first kappa shape index (κ1) is 21.6. The van der Waals surface area contributed by atoms with Gasteiger partial charge in [0.25, 0.3) is 5.91 Å². The molecule has 0 radical (unpaired) electrons. The first-order valence-corrected chi connectivity index (χ1v) is 11.0. The summed E-state index contributed by atoms with van der Waals surface area (Å²) >= 11 is 1.42. The number of carbonyl (C=O) groups is 1. The van der Waals surface area contributed by atoms with Gasteiger partial charge in [-0.05, 0) is 30.2 Å². The molecule has 0 fully saturated rings. The second-order valence-corrected chi connectivity index (χ2v) is 8.01. The summed E-state index contributed by atoms with van der Waals surface area (Å²) in [5.74, 6) is 1.22. The summed E-state index contributed by atoms with van der Waals surface area (Å²) in [6.45, 7) is 1.27. The van der Waals surface area contributed by atoms with Gasteiger partial charge in [-0.25, -0.2) is 9.97 Å². The number of methoxy groups -OCH3 is 2. The summed E-state index contributed by atoms with van der Waals surface area (Å²) in [5, 5.41) is 0.608. The number of hydrogen-bond donors (Lipinski definition) is 0. The van der Waals surface area contributed by atoms with Crippen molar-refractivity contribution in [1.29, 1.82) is 0 Å². The first-order valence-electron chi connectivity index (χ1n) is 10.2. The summed E-state index contributed by atoms with van der Waals surface area (Å²) in [7, 11) is 3.23. The molecule has 7 nitrogen and oxygen atoms in total. The SMILES string of the molecule is COc1ccc(OC)c2sc(N(CCCn3ccnc3)C(=O)/C=C/c3ccccc3)nc12. The zero-order chi connectivity index (χ0) is 22.3. The molecule has 0 aliphatic rings. The maximum Gasteiger partial charge on any atom is 0.252 e. The monoisotopic (exact) mass is 448 g/mol. The standard InChI is InChI=1S/C24H24N4O3S/c1-30-19-10-11-20(31-2)23-22(19)26-24(32-23)28(15-6-14-27-16-13-25-17-27)21(29)12-9-18-7-4-3-5-8-18/h3-5,7-13,16-17H,6,14-15H2,1-2H3/b12-9+. The van der Waals surface area contributed by atoms with Crippen molar-refractivity contribution >= 4 is 38.7 Å². The van der Waals surface area contributed by atoms with Crippen LogP contribution in [0.25, 0.3) is 16.3 Å². The highest BCUT2D eigenvalue weighted by molar-refractivity contribution is 7.22. The van der Waals surface area contributed by atoms with Gasteiger partial charge in [-0.2, -0.15) is 0 Å². The second kappa shape index (κ2) is 10.1. The van der Waals surface area contributed by atoms with Gasteiger partial charge in [-0.3, -0.25) is 9.69 Å². The number of benzene rings is 2. The van der Waals surface area contributed by atoms with Gasteiger partial charge in [0.2, 0.25) is 0 Å². The van der Waals surface area contributed by atoms with E-state index in [0.29, 0.717) is 28.7 Å². The number of amides is 1. The summed E-state index contributed by atoms with van der Waals surface area (Å²) in [6.07, 6.45) is 9.60. The Morgan fingerprint density at radius 3 is 2.62 bits per heavy atom. The molecule has 0 aliphatic heterocycles. The number of aryl methyl sites for hydroxylation is 1. The van der Waals surface area contributed by atoms with Gasteiger partial charge in [0.1, 0.15) is 21.7 Å². The molecule has 0 unspecified atom stereocenters. The number of ether oxygens (including phenoxy) is 2. The molecule has 164 valence electrons. The maximum absolute atomic E-state index is 13.2. The van der Waals surface area contributed by atoms with Crippen LogP contribution in [0, 0.1) is 0 Å². The van der Waals surface area contributed by atoms with Crippen LogP contribution in [0.3, 0.4) is 0 Å². The summed E-state index contributed by atoms with van der Waals surface area (Å²) in [4.78, 5) is 23.8. The Hall–Kier alpha value is -3.65. The number of anilines is 1. The molecular formula is C24H24N4O3S. The molecule has 0 saturated heterocycles. The Kier molecular flexibility index (Phi) is 6.81. The van der Waals surface area contributed by atoms with Crippen LogP contribution in [0.4, 0.5) is 5.13 Å². The number of nitrogens with zero attached hydrogens (tertiary/aromatic N) is 4. The van der Waals surface area contributed by atoms with E-state index in [1.54, 1.807) is 37.7 Å². The van der Waals surface area contributed by atoms with Crippen molar-refractivity contribution < 1.29 is 14.3 Å². The normalized spacial score (nSPS) is 11.2. The third kappa shape index (κ3) is 4.81. The Morgan fingerprint density at radius 1 is 1.12 bits per heavy atom. The number of hydrogen-bond acceptors (Lipinski definition) is 6. The van der Waals surface area contributed by atoms with E-state index in [1.807, 2.05) is 59.3 Å². The molecule has 0 bridgehead atoms. The van der Waals surface area contributed by atoms with Gasteiger partial charge in [0.15, 0.2) is 5.13 Å². The highest BCUT2D eigenvalue weighted by atomic mass is 32.1. The highest BCUT2D eigenvalue weighted by Crippen LogP contribution is 2.40. The third-order valence-electron chi connectivity index (χ3n) is 4.97. The van der Waals surface area contributed by atoms with Crippen molar-refractivity contribution in [3.8, 4) is 11.5 Å². The molecule has 0 spiro atoms. The maximum atomic E-state index is 13.2. The molecule has 2 aromatic carbocycles. The van der Waals surface area contributed by atoms with Gasteiger partial charge in [-0.1, -0.05) is 41.7 Å². The van der Waals surface area contributed by atoms with Crippen LogP contribution in [-0.4, -0.2) is 41.2 Å². The minimum atomic E-state index is -0.128. The van der Waals surface area contributed by atoms with Crippen LogP contribution in [0.2, 0.25) is 0 Å². The predicted molar refractivity (Wildman–Crippen MR) is 127 cm³/mol. The van der Waals surface area contributed by atoms with Crippen LogP contribution in [0.1, 0.15) is 12.0 Å². The number of aromatic nitrogens is 3. The molecule has 4 aromatic rings. The Labute approximate surface area is 190 Å². The molecule has 8 heteroatoms. The minimum Gasteiger partial charge on any atom is -0.495 e. The van der Waals surface area contributed by atoms with E-state index in [-0.39, 0.29) is 5.91 Å². The molecule has 0 N–H and O–H groups in total. The lowest BCUT2D eigenvalue weighted by molar-refractivity contribution is -0.114. The van der Waals surface area contributed by atoms with Gasteiger partial charge in [0.05, 0.1) is 20.5 Å². The number of rotatable bonds is 9. The van der Waals surface area contributed by atoms with Crippen molar-refractivity contribution in [3.63, 3.8) is 0 Å². The van der Waals surface area contributed by atoms with Crippen LogP contribution in [0.5, 0.6) is 11.5 Å². The Morgan fingerprint density at radius 2 is 1.91 bits per heavy atom. The highest BCUT2D eigenvalue weighted by Gasteiger charge is 2.21. The van der Waals surface area contributed by atoms with Crippen molar-refractivity contribution in [3.05, 3.63) is 72.8 Å². The number of carbonyl (C=O) groups excluding carboxylic acids is 1. The van der Waals surface area contributed by atoms with Gasteiger partial charge < -0.3 is 14.0 Å². The fraction of sp³-hybridized carbons (Fsp3) is 0.208. The molecule has 0 aliphatic carbocycles. The first-order chi connectivity index (χ1) is 15.7. The van der Waals surface area contributed by atoms with Crippen LogP contribution < -0.4 is 14.4 Å². The fourth-order valence-electron chi connectivity index (χ4n) is 3.34. The topological polar surface area (TPSA) is 69.5 Å². The number of fused-ring (bicyclic) bond motifs is 1. The minimum absolute atomic E-state index is 0.128. The average Bonchev–Trinajstić information content (AvgIpc) is 3.50. The second-order valence-electron chi connectivity index (χ2n) is 7.03. The zero-order valence-electron chi connectivity index (χ0n) is 18.0. The largest absolute Gasteiger partial charge is 0.495 e. The van der Waals surface area contributed by atoms with Crippen LogP contribution >= 0.6 is 11.3 Å². The smallest absolute Gasteiger partial charge is 0.252 e. The third-order valence-corrected chi connectivity index (χ3v) is 6.06. The van der Waals surface area contributed by atoms with Crippen LogP contribution in [-0.2, 0) is 11.3 Å². The Bertz CT molecular complexity index is 1160. The van der Waals surface area contributed by atoms with E-state index in [4.69, 9.17) is 14.5 Å². The van der Waals surface area contributed by atoms with Crippen molar-refractivity contribution in [2.75, 3.05) is 25.7 Å². The molecule has 4 rings (SSSR count).